The largest absolute Gasteiger partial charge is 0.393 e. The summed E-state index contributed by atoms with van der Waals surface area (Å²) in [5.41, 5.74) is 1.09. The predicted octanol–water partition coefficient (Wildman–Crippen LogP) is 1.48. The van der Waals surface area contributed by atoms with Crippen LogP contribution >= 0.6 is 11.6 Å². The molecule has 2 unspecified atom stereocenters. The highest BCUT2D eigenvalue weighted by atomic mass is 35.5. The summed E-state index contributed by atoms with van der Waals surface area (Å²) in [5.74, 6) is 0.0692. The van der Waals surface area contributed by atoms with E-state index in [0.717, 1.165) is 12.1 Å². The SMILES string of the molecule is CC(O)C(CN1CC(O)C1)c1ccc(Cl)cc1. The Morgan fingerprint density at radius 1 is 1.35 bits per heavy atom. The molecular formula is C13H18ClNO2. The van der Waals surface area contributed by atoms with Crippen molar-refractivity contribution >= 4 is 11.6 Å². The molecule has 0 spiro atoms. The number of likely N-dealkylation sites (tertiary alicyclic amines) is 1. The van der Waals surface area contributed by atoms with Crippen molar-refractivity contribution in [2.45, 2.75) is 25.0 Å². The van der Waals surface area contributed by atoms with E-state index in [0.29, 0.717) is 18.1 Å². The molecule has 0 radical (unpaired) electrons. The van der Waals surface area contributed by atoms with Gasteiger partial charge in [0.1, 0.15) is 0 Å². The lowest BCUT2D eigenvalue weighted by atomic mass is 9.92. The molecule has 1 aromatic carbocycles. The Hall–Kier alpha value is -0.610. The van der Waals surface area contributed by atoms with Gasteiger partial charge in [0.25, 0.3) is 0 Å². The maximum absolute atomic E-state index is 9.85. The Morgan fingerprint density at radius 3 is 2.41 bits per heavy atom. The van der Waals surface area contributed by atoms with Crippen LogP contribution in [0.15, 0.2) is 24.3 Å². The third-order valence-corrected chi connectivity index (χ3v) is 3.53. The van der Waals surface area contributed by atoms with Crippen molar-refractivity contribution in [3.05, 3.63) is 34.9 Å². The number of halogens is 1. The van der Waals surface area contributed by atoms with Crippen molar-refractivity contribution in [2.75, 3.05) is 19.6 Å². The summed E-state index contributed by atoms with van der Waals surface area (Å²) in [4.78, 5) is 2.15. The van der Waals surface area contributed by atoms with Crippen LogP contribution in [0.1, 0.15) is 18.4 Å². The minimum absolute atomic E-state index is 0.0692. The molecular weight excluding hydrogens is 238 g/mol. The molecule has 1 aromatic rings. The van der Waals surface area contributed by atoms with Gasteiger partial charge in [-0.15, -0.1) is 0 Å². The summed E-state index contributed by atoms with van der Waals surface area (Å²) < 4.78 is 0. The molecule has 1 fully saturated rings. The molecule has 1 aliphatic heterocycles. The molecule has 1 aliphatic rings. The molecule has 2 atom stereocenters. The number of aliphatic hydroxyl groups excluding tert-OH is 2. The Kier molecular flexibility index (Phi) is 4.05. The summed E-state index contributed by atoms with van der Waals surface area (Å²) >= 11 is 5.85. The maximum Gasteiger partial charge on any atom is 0.0793 e. The predicted molar refractivity (Wildman–Crippen MR) is 68.3 cm³/mol. The van der Waals surface area contributed by atoms with Gasteiger partial charge in [-0.25, -0.2) is 0 Å². The van der Waals surface area contributed by atoms with Gasteiger partial charge in [-0.1, -0.05) is 23.7 Å². The van der Waals surface area contributed by atoms with E-state index in [9.17, 15) is 10.2 Å². The van der Waals surface area contributed by atoms with Crippen LogP contribution in [0.3, 0.4) is 0 Å². The Labute approximate surface area is 107 Å². The first-order valence-electron chi connectivity index (χ1n) is 5.90. The average Bonchev–Trinajstić information content (AvgIpc) is 2.24. The van der Waals surface area contributed by atoms with E-state index in [1.54, 1.807) is 6.92 Å². The number of rotatable bonds is 4. The third kappa shape index (κ3) is 3.19. The minimum Gasteiger partial charge on any atom is -0.393 e. The molecule has 0 amide bonds. The number of hydrogen-bond acceptors (Lipinski definition) is 3. The molecule has 0 bridgehead atoms. The van der Waals surface area contributed by atoms with Gasteiger partial charge in [-0.2, -0.15) is 0 Å². The zero-order valence-corrected chi connectivity index (χ0v) is 10.6. The fourth-order valence-corrected chi connectivity index (χ4v) is 2.34. The third-order valence-electron chi connectivity index (χ3n) is 3.27. The lowest BCUT2D eigenvalue weighted by Crippen LogP contribution is -2.52. The van der Waals surface area contributed by atoms with Gasteiger partial charge in [0, 0.05) is 30.6 Å². The first-order chi connectivity index (χ1) is 8.06. The first-order valence-corrected chi connectivity index (χ1v) is 6.28. The highest BCUT2D eigenvalue weighted by Crippen LogP contribution is 2.24. The van der Waals surface area contributed by atoms with Crippen molar-refractivity contribution in [2.24, 2.45) is 0 Å². The molecule has 1 saturated heterocycles. The van der Waals surface area contributed by atoms with Crippen molar-refractivity contribution in [1.82, 2.24) is 4.90 Å². The van der Waals surface area contributed by atoms with Crippen molar-refractivity contribution < 1.29 is 10.2 Å². The minimum atomic E-state index is -0.408. The van der Waals surface area contributed by atoms with Gasteiger partial charge < -0.3 is 10.2 Å². The Morgan fingerprint density at radius 2 is 1.94 bits per heavy atom. The van der Waals surface area contributed by atoms with Crippen LogP contribution in [0.5, 0.6) is 0 Å². The summed E-state index contributed by atoms with van der Waals surface area (Å²) in [6, 6.07) is 7.60. The van der Waals surface area contributed by atoms with E-state index in [4.69, 9.17) is 11.6 Å². The summed E-state index contributed by atoms with van der Waals surface area (Å²) in [5, 5.41) is 19.8. The van der Waals surface area contributed by atoms with Crippen molar-refractivity contribution in [3.63, 3.8) is 0 Å². The van der Waals surface area contributed by atoms with Crippen LogP contribution in [0.4, 0.5) is 0 Å². The summed E-state index contributed by atoms with van der Waals surface area (Å²) in [7, 11) is 0. The Bertz CT molecular complexity index is 360. The zero-order valence-electron chi connectivity index (χ0n) is 9.88. The molecule has 2 rings (SSSR count). The fraction of sp³-hybridized carbons (Fsp3) is 0.538. The summed E-state index contributed by atoms with van der Waals surface area (Å²) in [6.45, 7) is 3.99. The molecule has 3 nitrogen and oxygen atoms in total. The molecule has 0 aromatic heterocycles. The number of nitrogens with zero attached hydrogens (tertiary/aromatic N) is 1. The summed E-state index contributed by atoms with van der Waals surface area (Å²) in [6.07, 6.45) is -0.608. The van der Waals surface area contributed by atoms with Gasteiger partial charge in [0.15, 0.2) is 0 Å². The second-order valence-corrected chi connectivity index (χ2v) is 5.21. The molecule has 94 valence electrons. The van der Waals surface area contributed by atoms with E-state index in [2.05, 4.69) is 4.90 Å². The number of β-amino-alcohol motifs (C(OH)–C–C–N with tert-alkyl or cyclic N) is 1. The van der Waals surface area contributed by atoms with Crippen LogP contribution in [-0.4, -0.2) is 47.0 Å². The zero-order chi connectivity index (χ0) is 12.4. The molecule has 2 N–H and O–H groups in total. The van der Waals surface area contributed by atoms with Gasteiger partial charge in [0.05, 0.1) is 12.2 Å². The molecule has 0 saturated carbocycles. The highest BCUT2D eigenvalue weighted by molar-refractivity contribution is 6.30. The fourth-order valence-electron chi connectivity index (χ4n) is 2.22. The van der Waals surface area contributed by atoms with Crippen molar-refractivity contribution in [3.8, 4) is 0 Å². The maximum atomic E-state index is 9.85. The lowest BCUT2D eigenvalue weighted by Gasteiger charge is -2.39. The number of hydrogen-bond donors (Lipinski definition) is 2. The second-order valence-electron chi connectivity index (χ2n) is 4.77. The first kappa shape index (κ1) is 12.8. The lowest BCUT2D eigenvalue weighted by molar-refractivity contribution is -0.00989. The average molecular weight is 256 g/mol. The normalized spacial score (nSPS) is 20.9. The molecule has 0 aliphatic carbocycles. The van der Waals surface area contributed by atoms with Crippen LogP contribution in [0.2, 0.25) is 5.02 Å². The quantitative estimate of drug-likeness (QED) is 0.857. The van der Waals surface area contributed by atoms with E-state index in [-0.39, 0.29) is 12.0 Å². The van der Waals surface area contributed by atoms with Gasteiger partial charge in [-0.3, -0.25) is 4.90 Å². The van der Waals surface area contributed by atoms with Gasteiger partial charge in [-0.05, 0) is 24.6 Å². The standard InChI is InChI=1S/C13H18ClNO2/c1-9(16)13(8-15-6-12(17)7-15)10-2-4-11(14)5-3-10/h2-5,9,12-13,16-17H,6-8H2,1H3. The Balaban J connectivity index is 2.04. The van der Waals surface area contributed by atoms with E-state index in [1.165, 1.54) is 0 Å². The number of benzene rings is 1. The second kappa shape index (κ2) is 5.36. The van der Waals surface area contributed by atoms with Crippen LogP contribution in [-0.2, 0) is 0 Å². The van der Waals surface area contributed by atoms with Crippen LogP contribution in [0, 0.1) is 0 Å². The van der Waals surface area contributed by atoms with Gasteiger partial charge in [0.2, 0.25) is 0 Å². The van der Waals surface area contributed by atoms with E-state index in [1.807, 2.05) is 24.3 Å². The van der Waals surface area contributed by atoms with Crippen LogP contribution in [0.25, 0.3) is 0 Å². The smallest absolute Gasteiger partial charge is 0.0793 e. The van der Waals surface area contributed by atoms with Crippen LogP contribution < -0.4 is 0 Å². The monoisotopic (exact) mass is 255 g/mol. The topological polar surface area (TPSA) is 43.7 Å². The number of aliphatic hydroxyl groups is 2. The van der Waals surface area contributed by atoms with Gasteiger partial charge >= 0.3 is 0 Å². The molecule has 4 heteroatoms. The molecule has 17 heavy (non-hydrogen) atoms. The highest BCUT2D eigenvalue weighted by Gasteiger charge is 2.28. The van der Waals surface area contributed by atoms with E-state index >= 15 is 0 Å². The van der Waals surface area contributed by atoms with E-state index < -0.39 is 6.10 Å². The van der Waals surface area contributed by atoms with Crippen molar-refractivity contribution in [1.29, 1.82) is 0 Å². The molecule has 1 heterocycles.